The smallest absolute Gasteiger partial charge is 0.125 e. The summed E-state index contributed by atoms with van der Waals surface area (Å²) in [5, 5.41) is 0. The van der Waals surface area contributed by atoms with Crippen molar-refractivity contribution in [1.82, 2.24) is 9.55 Å². The van der Waals surface area contributed by atoms with Crippen LogP contribution in [0.5, 0.6) is 0 Å². The average molecular weight is 283 g/mol. The topological polar surface area (TPSA) is 27.1 Å². The quantitative estimate of drug-likeness (QED) is 0.786. The molecule has 2 atom stereocenters. The molecule has 2 heterocycles. The number of nitrogens with zero attached hydrogens (tertiary/aromatic N) is 2. The van der Waals surface area contributed by atoms with Crippen LogP contribution in [-0.4, -0.2) is 22.3 Å². The molecule has 3 nitrogen and oxygen atoms in total. The molecule has 2 unspecified atom stereocenters. The first kappa shape index (κ1) is 12.9. The number of hydrogen-bond acceptors (Lipinski definition) is 2. The third-order valence-electron chi connectivity index (χ3n) is 3.67. The van der Waals surface area contributed by atoms with Gasteiger partial charge in [-0.25, -0.2) is 9.37 Å². The lowest BCUT2D eigenvalue weighted by molar-refractivity contribution is 0.00633. The Bertz CT molecular complexity index is 598. The Hall–Kier alpha value is -1.13. The number of hydrogen-bond donors (Lipinski definition) is 0. The molecule has 19 heavy (non-hydrogen) atoms. The Balaban J connectivity index is 2.10. The van der Waals surface area contributed by atoms with E-state index < -0.39 is 0 Å². The number of ether oxygens (including phenoxy) is 1. The van der Waals surface area contributed by atoms with Crippen LogP contribution in [-0.2, 0) is 10.6 Å². The predicted octanol–water partition coefficient (Wildman–Crippen LogP) is 3.65. The molecular formula is C14H16ClFN2O. The van der Waals surface area contributed by atoms with Crippen molar-refractivity contribution in [2.75, 3.05) is 6.61 Å². The second kappa shape index (κ2) is 5.10. The molecule has 2 aromatic rings. The van der Waals surface area contributed by atoms with Crippen molar-refractivity contribution in [3.8, 4) is 0 Å². The summed E-state index contributed by atoms with van der Waals surface area (Å²) in [5.74, 6) is 0.877. The molecular weight excluding hydrogens is 267 g/mol. The fourth-order valence-corrected chi connectivity index (χ4v) is 3.02. The van der Waals surface area contributed by atoms with Gasteiger partial charge in [-0.05, 0) is 31.9 Å². The van der Waals surface area contributed by atoms with Crippen LogP contribution in [0.1, 0.15) is 31.6 Å². The van der Waals surface area contributed by atoms with Crippen molar-refractivity contribution >= 4 is 22.6 Å². The Morgan fingerprint density at radius 2 is 2.37 bits per heavy atom. The molecule has 0 saturated carbocycles. The first-order valence-electron chi connectivity index (χ1n) is 6.53. The lowest BCUT2D eigenvalue weighted by atomic mass is 10.0. The highest BCUT2D eigenvalue weighted by Gasteiger charge is 2.24. The maximum Gasteiger partial charge on any atom is 0.125 e. The van der Waals surface area contributed by atoms with Gasteiger partial charge in [0.25, 0.3) is 0 Å². The van der Waals surface area contributed by atoms with Crippen molar-refractivity contribution in [3.05, 3.63) is 29.8 Å². The molecule has 1 aliphatic heterocycles. The van der Waals surface area contributed by atoms with Crippen molar-refractivity contribution < 1.29 is 9.13 Å². The van der Waals surface area contributed by atoms with Crippen molar-refractivity contribution in [2.45, 2.75) is 37.8 Å². The third kappa shape index (κ3) is 2.35. The molecule has 0 N–H and O–H groups in total. The van der Waals surface area contributed by atoms with E-state index in [0.717, 1.165) is 30.8 Å². The number of halogens is 2. The summed E-state index contributed by atoms with van der Waals surface area (Å²) in [6, 6.07) is 5.05. The van der Waals surface area contributed by atoms with Gasteiger partial charge in [-0.2, -0.15) is 0 Å². The maximum absolute atomic E-state index is 13.3. The molecule has 0 amide bonds. The SMILES string of the molecule is CC1CC(n2c(CCl)nc3cc(F)ccc32)CCO1. The first-order chi connectivity index (χ1) is 9.19. The summed E-state index contributed by atoms with van der Waals surface area (Å²) in [6.45, 7) is 2.82. The van der Waals surface area contributed by atoms with Crippen LogP contribution < -0.4 is 0 Å². The second-order valence-electron chi connectivity index (χ2n) is 5.02. The third-order valence-corrected chi connectivity index (χ3v) is 3.91. The van der Waals surface area contributed by atoms with E-state index in [1.807, 2.05) is 0 Å². The number of fused-ring (bicyclic) bond motifs is 1. The standard InChI is InChI=1S/C14H16ClFN2O/c1-9-6-11(4-5-19-9)18-13-3-2-10(16)7-12(13)17-14(18)8-15/h2-3,7,9,11H,4-6,8H2,1H3. The largest absolute Gasteiger partial charge is 0.378 e. The molecule has 1 fully saturated rings. The minimum absolute atomic E-state index is 0.236. The Labute approximate surface area is 116 Å². The summed E-state index contributed by atoms with van der Waals surface area (Å²) >= 11 is 5.99. The molecule has 1 saturated heterocycles. The van der Waals surface area contributed by atoms with Crippen LogP contribution >= 0.6 is 11.6 Å². The summed E-state index contributed by atoms with van der Waals surface area (Å²) in [7, 11) is 0. The number of alkyl halides is 1. The highest BCUT2D eigenvalue weighted by Crippen LogP contribution is 2.31. The van der Waals surface area contributed by atoms with Gasteiger partial charge < -0.3 is 9.30 Å². The van der Waals surface area contributed by atoms with Gasteiger partial charge in [0.1, 0.15) is 11.6 Å². The molecule has 0 bridgehead atoms. The van der Waals surface area contributed by atoms with Crippen LogP contribution in [0.15, 0.2) is 18.2 Å². The van der Waals surface area contributed by atoms with Gasteiger partial charge in [0.05, 0.1) is 23.0 Å². The summed E-state index contributed by atoms with van der Waals surface area (Å²) in [5.41, 5.74) is 1.63. The van der Waals surface area contributed by atoms with Crippen LogP contribution in [0.25, 0.3) is 11.0 Å². The van der Waals surface area contributed by atoms with E-state index in [1.165, 1.54) is 12.1 Å². The van der Waals surface area contributed by atoms with Crippen LogP contribution in [0.3, 0.4) is 0 Å². The van der Waals surface area contributed by atoms with Gasteiger partial charge in [-0.1, -0.05) is 0 Å². The number of rotatable bonds is 2. The van der Waals surface area contributed by atoms with Crippen molar-refractivity contribution in [2.24, 2.45) is 0 Å². The molecule has 0 spiro atoms. The lowest BCUT2D eigenvalue weighted by Gasteiger charge is -2.29. The van der Waals surface area contributed by atoms with E-state index in [0.29, 0.717) is 17.4 Å². The zero-order chi connectivity index (χ0) is 13.4. The van der Waals surface area contributed by atoms with E-state index >= 15 is 0 Å². The van der Waals surface area contributed by atoms with Gasteiger partial charge >= 0.3 is 0 Å². The van der Waals surface area contributed by atoms with Gasteiger partial charge in [-0.15, -0.1) is 11.6 Å². The fourth-order valence-electron chi connectivity index (χ4n) is 2.83. The average Bonchev–Trinajstić information content (AvgIpc) is 2.76. The van der Waals surface area contributed by atoms with Crippen LogP contribution in [0.2, 0.25) is 0 Å². The molecule has 1 aliphatic rings. The molecule has 0 aliphatic carbocycles. The molecule has 5 heteroatoms. The lowest BCUT2D eigenvalue weighted by Crippen LogP contribution is -2.26. The molecule has 1 aromatic heterocycles. The Morgan fingerprint density at radius 3 is 3.11 bits per heavy atom. The van der Waals surface area contributed by atoms with Crippen molar-refractivity contribution in [1.29, 1.82) is 0 Å². The highest BCUT2D eigenvalue weighted by atomic mass is 35.5. The minimum Gasteiger partial charge on any atom is -0.378 e. The maximum atomic E-state index is 13.3. The summed E-state index contributed by atoms with van der Waals surface area (Å²) in [4.78, 5) is 4.44. The molecule has 1 aromatic carbocycles. The minimum atomic E-state index is -0.265. The van der Waals surface area contributed by atoms with Gasteiger partial charge in [0, 0.05) is 18.7 Å². The molecule has 102 valence electrons. The van der Waals surface area contributed by atoms with Gasteiger partial charge in [0.2, 0.25) is 0 Å². The molecule has 0 radical (unpaired) electrons. The number of imidazole rings is 1. The Kier molecular flexibility index (Phi) is 3.46. The predicted molar refractivity (Wildman–Crippen MR) is 72.9 cm³/mol. The Morgan fingerprint density at radius 1 is 1.53 bits per heavy atom. The van der Waals surface area contributed by atoms with E-state index in [9.17, 15) is 4.39 Å². The van der Waals surface area contributed by atoms with Crippen LogP contribution in [0, 0.1) is 5.82 Å². The normalized spacial score (nSPS) is 23.9. The monoisotopic (exact) mass is 282 g/mol. The van der Waals surface area contributed by atoms with Gasteiger partial charge in [-0.3, -0.25) is 0 Å². The van der Waals surface area contributed by atoms with Crippen molar-refractivity contribution in [3.63, 3.8) is 0 Å². The fraction of sp³-hybridized carbons (Fsp3) is 0.500. The summed E-state index contributed by atoms with van der Waals surface area (Å²) in [6.07, 6.45) is 2.11. The number of aromatic nitrogens is 2. The van der Waals surface area contributed by atoms with E-state index in [4.69, 9.17) is 16.3 Å². The van der Waals surface area contributed by atoms with E-state index in [-0.39, 0.29) is 11.9 Å². The van der Waals surface area contributed by atoms with E-state index in [1.54, 1.807) is 6.07 Å². The number of benzene rings is 1. The zero-order valence-corrected chi connectivity index (χ0v) is 11.5. The van der Waals surface area contributed by atoms with E-state index in [2.05, 4.69) is 16.5 Å². The van der Waals surface area contributed by atoms with Gasteiger partial charge in [0.15, 0.2) is 0 Å². The second-order valence-corrected chi connectivity index (χ2v) is 5.29. The first-order valence-corrected chi connectivity index (χ1v) is 7.06. The van der Waals surface area contributed by atoms with Crippen LogP contribution in [0.4, 0.5) is 4.39 Å². The molecule has 3 rings (SSSR count). The zero-order valence-electron chi connectivity index (χ0n) is 10.8. The summed E-state index contributed by atoms with van der Waals surface area (Å²) < 4.78 is 21.0. The highest BCUT2D eigenvalue weighted by molar-refractivity contribution is 6.16.